The first-order valence-corrected chi connectivity index (χ1v) is 13.3. The molecule has 190 valence electrons. The minimum atomic E-state index is -3.96. The van der Waals surface area contributed by atoms with Gasteiger partial charge in [0.2, 0.25) is 15.9 Å². The molecule has 0 saturated carbocycles. The monoisotopic (exact) mass is 510 g/mol. The molecule has 1 atom stereocenters. The fourth-order valence-corrected chi connectivity index (χ4v) is 6.65. The minimum Gasteiger partial charge on any atom is -0.465 e. The molecule has 0 aliphatic carbocycles. The van der Waals surface area contributed by atoms with Gasteiger partial charge in [-0.25, -0.2) is 13.2 Å². The number of hydrogen-bond donors (Lipinski definition) is 1. The van der Waals surface area contributed by atoms with Crippen LogP contribution in [0.2, 0.25) is 0 Å². The van der Waals surface area contributed by atoms with Crippen LogP contribution in [0.25, 0.3) is 0 Å². The average Bonchev–Trinajstić information content (AvgIpc) is 3.15. The van der Waals surface area contributed by atoms with E-state index in [2.05, 4.69) is 11.4 Å². The zero-order chi connectivity index (χ0) is 26.1. The number of carbonyl (C=O) groups is 2. The Balaban J connectivity index is 1.61. The highest BCUT2D eigenvalue weighted by molar-refractivity contribution is 7.89. The Morgan fingerprint density at radius 3 is 2.53 bits per heavy atom. The summed E-state index contributed by atoms with van der Waals surface area (Å²) in [5.74, 6) is -0.686. The Morgan fingerprint density at radius 2 is 1.89 bits per heavy atom. The third kappa shape index (κ3) is 4.62. The molecule has 2 aromatic rings. The van der Waals surface area contributed by atoms with Gasteiger partial charge in [-0.05, 0) is 48.6 Å². The second-order valence-electron chi connectivity index (χ2n) is 9.53. The number of benzene rings is 2. The fourth-order valence-electron chi connectivity index (χ4n) is 5.03. The van der Waals surface area contributed by atoms with Gasteiger partial charge >= 0.3 is 5.97 Å². The summed E-state index contributed by atoms with van der Waals surface area (Å²) in [6.07, 6.45) is 0.777. The van der Waals surface area contributed by atoms with Gasteiger partial charge in [0.05, 0.1) is 40.9 Å². The maximum absolute atomic E-state index is 13.5. The molecule has 2 heterocycles. The van der Waals surface area contributed by atoms with Crippen LogP contribution < -0.4 is 5.32 Å². The summed E-state index contributed by atoms with van der Waals surface area (Å²) in [5.41, 5.74) is 0.651. The van der Waals surface area contributed by atoms with Gasteiger partial charge in [-0.1, -0.05) is 38.1 Å². The van der Waals surface area contributed by atoms with Crippen molar-refractivity contribution in [1.82, 2.24) is 14.5 Å². The fraction of sp³-hybridized carbons (Fsp3) is 0.423. The second kappa shape index (κ2) is 10.0. The number of piperidine rings is 1. The van der Waals surface area contributed by atoms with Crippen LogP contribution >= 0.6 is 0 Å². The summed E-state index contributed by atoms with van der Waals surface area (Å²) >= 11 is 0. The van der Waals surface area contributed by atoms with Crippen LogP contribution in [0, 0.1) is 17.2 Å². The Hall–Kier alpha value is -3.26. The number of methoxy groups -OCH3 is 1. The van der Waals surface area contributed by atoms with Crippen molar-refractivity contribution in [2.24, 2.45) is 5.92 Å². The van der Waals surface area contributed by atoms with Crippen molar-refractivity contribution in [1.29, 1.82) is 5.26 Å². The maximum Gasteiger partial charge on any atom is 0.339 e. The normalized spacial score (nSPS) is 20.0. The number of carbonyl (C=O) groups excluding carboxylic acids is 2. The number of hydrogen-bond acceptors (Lipinski definition) is 7. The van der Waals surface area contributed by atoms with Crippen LogP contribution in [-0.4, -0.2) is 61.4 Å². The van der Waals surface area contributed by atoms with E-state index in [9.17, 15) is 23.3 Å². The van der Waals surface area contributed by atoms with Crippen molar-refractivity contribution in [3.8, 4) is 6.07 Å². The number of rotatable bonds is 6. The molecule has 10 heteroatoms. The minimum absolute atomic E-state index is 0.00618. The van der Waals surface area contributed by atoms with Gasteiger partial charge in [0, 0.05) is 19.6 Å². The van der Waals surface area contributed by atoms with Crippen LogP contribution in [0.1, 0.15) is 48.2 Å². The first-order valence-electron chi connectivity index (χ1n) is 11.9. The molecule has 2 aliphatic rings. The van der Waals surface area contributed by atoms with E-state index in [4.69, 9.17) is 4.74 Å². The number of nitrogens with zero attached hydrogens (tertiary/aromatic N) is 3. The number of amides is 1. The Morgan fingerprint density at radius 1 is 1.19 bits per heavy atom. The van der Waals surface area contributed by atoms with E-state index in [1.54, 1.807) is 35.2 Å². The van der Waals surface area contributed by atoms with Crippen molar-refractivity contribution < 1.29 is 22.7 Å². The highest BCUT2D eigenvalue weighted by Crippen LogP contribution is 2.37. The lowest BCUT2D eigenvalue weighted by molar-refractivity contribution is -0.134. The van der Waals surface area contributed by atoms with Gasteiger partial charge in [0.1, 0.15) is 0 Å². The molecule has 4 rings (SSSR count). The summed E-state index contributed by atoms with van der Waals surface area (Å²) in [7, 11) is -2.74. The molecular formula is C26H30N4O5S. The van der Waals surface area contributed by atoms with E-state index in [0.717, 1.165) is 5.56 Å². The van der Waals surface area contributed by atoms with Crippen molar-refractivity contribution in [3.63, 3.8) is 0 Å². The van der Waals surface area contributed by atoms with Crippen LogP contribution in [-0.2, 0) is 26.1 Å². The van der Waals surface area contributed by atoms with Crippen LogP contribution in [0.3, 0.4) is 0 Å². The van der Waals surface area contributed by atoms with Crippen molar-refractivity contribution in [3.05, 3.63) is 65.2 Å². The molecule has 1 unspecified atom stereocenters. The number of esters is 1. The lowest BCUT2D eigenvalue weighted by Crippen LogP contribution is -2.59. The summed E-state index contributed by atoms with van der Waals surface area (Å²) in [5, 5.41) is 12.8. The van der Waals surface area contributed by atoms with E-state index < -0.39 is 21.7 Å². The molecule has 9 nitrogen and oxygen atoms in total. The number of nitriles is 1. The topological polar surface area (TPSA) is 120 Å². The van der Waals surface area contributed by atoms with E-state index in [-0.39, 0.29) is 41.4 Å². The molecule has 1 spiro atoms. The molecule has 2 aliphatic heterocycles. The van der Waals surface area contributed by atoms with Crippen molar-refractivity contribution in [2.45, 2.75) is 49.8 Å². The summed E-state index contributed by atoms with van der Waals surface area (Å²) in [6.45, 7) is 4.64. The molecule has 1 N–H and O–H groups in total. The van der Waals surface area contributed by atoms with E-state index >= 15 is 0 Å². The summed E-state index contributed by atoms with van der Waals surface area (Å²) in [4.78, 5) is 27.4. The standard InChI is InChI=1S/C26H30N4O5S/c1-18(2)23-24(31)30(17-20-8-6-7-19(15-20)16-27)26(28-23)11-13-29(14-12-26)36(33,34)22-10-5-4-9-21(22)25(32)35-3/h4-10,15,18,23,28H,11-14,17H2,1-3H3. The Labute approximate surface area is 211 Å². The predicted octanol–water partition coefficient (Wildman–Crippen LogP) is 2.48. The third-order valence-electron chi connectivity index (χ3n) is 7.00. The van der Waals surface area contributed by atoms with Crippen molar-refractivity contribution >= 4 is 21.9 Å². The molecule has 36 heavy (non-hydrogen) atoms. The lowest BCUT2D eigenvalue weighted by atomic mass is 9.96. The Bertz CT molecular complexity index is 1310. The predicted molar refractivity (Wildman–Crippen MR) is 132 cm³/mol. The second-order valence-corrected chi connectivity index (χ2v) is 11.4. The molecular weight excluding hydrogens is 480 g/mol. The van der Waals surface area contributed by atoms with Crippen LogP contribution in [0.4, 0.5) is 0 Å². The van der Waals surface area contributed by atoms with Crippen LogP contribution in [0.15, 0.2) is 53.4 Å². The van der Waals surface area contributed by atoms with Gasteiger partial charge in [0.15, 0.2) is 0 Å². The number of ether oxygens (including phenoxy) is 1. The SMILES string of the molecule is COC(=O)c1ccccc1S(=O)(=O)N1CCC2(CC1)NC(C(C)C)C(=O)N2Cc1cccc(C#N)c1. The van der Waals surface area contributed by atoms with E-state index in [1.807, 2.05) is 19.9 Å². The average molecular weight is 511 g/mol. The summed E-state index contributed by atoms with van der Waals surface area (Å²) in [6, 6.07) is 14.9. The van der Waals surface area contributed by atoms with Gasteiger partial charge < -0.3 is 9.64 Å². The first-order chi connectivity index (χ1) is 17.1. The molecule has 2 fully saturated rings. The smallest absolute Gasteiger partial charge is 0.339 e. The largest absolute Gasteiger partial charge is 0.465 e. The molecule has 1 amide bonds. The molecule has 2 saturated heterocycles. The highest BCUT2D eigenvalue weighted by Gasteiger charge is 2.53. The van der Waals surface area contributed by atoms with E-state index in [0.29, 0.717) is 24.9 Å². The molecule has 0 bridgehead atoms. The summed E-state index contributed by atoms with van der Waals surface area (Å²) < 4.78 is 33.1. The van der Waals surface area contributed by atoms with Gasteiger partial charge in [-0.2, -0.15) is 9.57 Å². The lowest BCUT2D eigenvalue weighted by Gasteiger charge is -2.44. The molecule has 2 aromatic carbocycles. The van der Waals surface area contributed by atoms with Crippen molar-refractivity contribution in [2.75, 3.05) is 20.2 Å². The number of nitrogens with one attached hydrogen (secondary N) is 1. The van der Waals surface area contributed by atoms with Crippen LogP contribution in [0.5, 0.6) is 0 Å². The first kappa shape index (κ1) is 25.8. The number of sulfonamides is 1. The zero-order valence-corrected chi connectivity index (χ0v) is 21.4. The van der Waals surface area contributed by atoms with Gasteiger partial charge in [0.25, 0.3) is 0 Å². The quantitative estimate of drug-likeness (QED) is 0.593. The highest BCUT2D eigenvalue weighted by atomic mass is 32.2. The maximum atomic E-state index is 13.5. The molecule has 0 radical (unpaired) electrons. The van der Waals surface area contributed by atoms with Gasteiger partial charge in [-0.15, -0.1) is 0 Å². The third-order valence-corrected chi connectivity index (χ3v) is 8.95. The van der Waals surface area contributed by atoms with E-state index in [1.165, 1.54) is 23.5 Å². The molecule has 0 aromatic heterocycles. The Kier molecular flexibility index (Phi) is 7.18. The van der Waals surface area contributed by atoms with Gasteiger partial charge in [-0.3, -0.25) is 10.1 Å². The zero-order valence-electron chi connectivity index (χ0n) is 20.6.